The fourth-order valence-electron chi connectivity index (χ4n) is 8.62. The van der Waals surface area contributed by atoms with Gasteiger partial charge in [-0.1, -0.05) is 114 Å². The van der Waals surface area contributed by atoms with Crippen LogP contribution >= 0.6 is 0 Å². The number of nitrogens with zero attached hydrogens (tertiary/aromatic N) is 4. The summed E-state index contributed by atoms with van der Waals surface area (Å²) in [5.74, 6) is 0. The average Bonchev–Trinajstić information content (AvgIpc) is 3.74. The number of nitriles is 2. The molecule has 9 aromatic rings. The van der Waals surface area contributed by atoms with Gasteiger partial charge in [-0.2, -0.15) is 23.7 Å². The highest BCUT2D eigenvalue weighted by atomic mass is 19.4. The fraction of sp³-hybridized carbons (Fsp3) is 0.170. The molecule has 0 spiro atoms. The number of benzene rings is 7. The molecule has 0 saturated carbocycles. The molecule has 0 N–H and O–H groups in total. The van der Waals surface area contributed by atoms with Crippen molar-refractivity contribution in [2.45, 2.75) is 58.5 Å². The average molecular weight is 791 g/mol. The van der Waals surface area contributed by atoms with Gasteiger partial charge in [-0.3, -0.25) is 0 Å². The molecule has 0 unspecified atom stereocenters. The van der Waals surface area contributed by atoms with Crippen LogP contribution in [0.4, 0.5) is 13.2 Å². The molecule has 0 bridgehead atoms. The Balaban J connectivity index is 1.41. The molecule has 9 rings (SSSR count). The van der Waals surface area contributed by atoms with Crippen molar-refractivity contribution in [1.29, 1.82) is 10.5 Å². The quantitative estimate of drug-likeness (QED) is 0.178. The van der Waals surface area contributed by atoms with E-state index in [1.54, 1.807) is 12.1 Å². The van der Waals surface area contributed by atoms with E-state index < -0.39 is 11.7 Å². The third kappa shape index (κ3) is 6.30. The summed E-state index contributed by atoms with van der Waals surface area (Å²) in [6.07, 6.45) is -4.71. The lowest BCUT2D eigenvalue weighted by Crippen LogP contribution is -2.10. The predicted octanol–water partition coefficient (Wildman–Crippen LogP) is 14.6. The van der Waals surface area contributed by atoms with Gasteiger partial charge in [0.2, 0.25) is 0 Å². The number of hydrogen-bond donors (Lipinski definition) is 0. The topological polar surface area (TPSA) is 57.4 Å². The number of halogens is 3. The number of para-hydroxylation sites is 2. The van der Waals surface area contributed by atoms with Crippen LogP contribution in [0.15, 0.2) is 140 Å². The summed E-state index contributed by atoms with van der Waals surface area (Å²) in [5, 5.41) is 24.1. The molecule has 0 fully saturated rings. The van der Waals surface area contributed by atoms with Gasteiger partial charge in [0.25, 0.3) is 0 Å². The summed E-state index contributed by atoms with van der Waals surface area (Å²) in [7, 11) is 0. The van der Waals surface area contributed by atoms with Gasteiger partial charge in [0.1, 0.15) is 0 Å². The van der Waals surface area contributed by atoms with Crippen LogP contribution in [0.1, 0.15) is 69.4 Å². The Morgan fingerprint density at radius 1 is 0.433 bits per heavy atom. The molecule has 0 atom stereocenters. The second-order valence-corrected chi connectivity index (χ2v) is 17.6. The molecule has 7 heteroatoms. The first-order chi connectivity index (χ1) is 28.6. The highest BCUT2D eigenvalue weighted by molar-refractivity contribution is 6.12. The van der Waals surface area contributed by atoms with E-state index in [-0.39, 0.29) is 22.0 Å². The summed E-state index contributed by atoms with van der Waals surface area (Å²) in [5.41, 5.74) is 8.74. The Hall–Kier alpha value is -7.09. The van der Waals surface area contributed by atoms with E-state index in [0.717, 1.165) is 72.1 Å². The van der Waals surface area contributed by atoms with Crippen LogP contribution in [0.3, 0.4) is 0 Å². The zero-order valence-corrected chi connectivity index (χ0v) is 34.2. The van der Waals surface area contributed by atoms with Crippen LogP contribution in [-0.4, -0.2) is 9.13 Å². The molecular weight excluding hydrogens is 750 g/mol. The molecule has 0 radical (unpaired) electrons. The third-order valence-electron chi connectivity index (χ3n) is 11.7. The lowest BCUT2D eigenvalue weighted by atomic mass is 9.86. The van der Waals surface area contributed by atoms with E-state index in [9.17, 15) is 23.7 Å². The standard InChI is InChI=1S/C53H41F3N4/c1-51(2,3)35-18-23-47-42(28-35)38-11-7-9-13-45(38)59(47)49-26-33(31-58)16-21-40(49)41-22-17-34(37-20-15-32(30-57)25-44(37)53(54,55)56)27-50(41)60-46-14-10-8-12-39(46)43-29-36(52(4,5)6)19-24-48(43)60/h7-29H,1-6H3. The fourth-order valence-corrected chi connectivity index (χ4v) is 8.62. The number of hydrogen-bond acceptors (Lipinski definition) is 2. The maximum absolute atomic E-state index is 14.8. The van der Waals surface area contributed by atoms with Crippen molar-refractivity contribution in [1.82, 2.24) is 9.13 Å². The molecule has 0 amide bonds. The van der Waals surface area contributed by atoms with Gasteiger partial charge >= 0.3 is 6.18 Å². The molecule has 0 aliphatic carbocycles. The van der Waals surface area contributed by atoms with E-state index in [4.69, 9.17) is 0 Å². The van der Waals surface area contributed by atoms with Gasteiger partial charge in [-0.15, -0.1) is 0 Å². The van der Waals surface area contributed by atoms with E-state index >= 15 is 0 Å². The number of rotatable bonds is 4. The van der Waals surface area contributed by atoms with Gasteiger partial charge in [0, 0.05) is 32.7 Å². The molecule has 0 aliphatic heterocycles. The van der Waals surface area contributed by atoms with Crippen molar-refractivity contribution in [3.05, 3.63) is 167 Å². The van der Waals surface area contributed by atoms with Crippen molar-refractivity contribution in [2.75, 3.05) is 0 Å². The maximum Gasteiger partial charge on any atom is 0.417 e. The Labute approximate surface area is 347 Å². The number of aromatic nitrogens is 2. The molecule has 2 aromatic heterocycles. The second kappa shape index (κ2) is 13.8. The molecule has 0 saturated heterocycles. The summed E-state index contributed by atoms with van der Waals surface area (Å²) < 4.78 is 48.8. The Morgan fingerprint density at radius 2 is 0.867 bits per heavy atom. The molecule has 294 valence electrons. The van der Waals surface area contributed by atoms with Crippen LogP contribution in [0.5, 0.6) is 0 Å². The van der Waals surface area contributed by atoms with Gasteiger partial charge in [-0.05, 0) is 99.8 Å². The van der Waals surface area contributed by atoms with Crippen LogP contribution in [-0.2, 0) is 17.0 Å². The first-order valence-corrected chi connectivity index (χ1v) is 20.0. The zero-order valence-electron chi connectivity index (χ0n) is 34.2. The van der Waals surface area contributed by atoms with Crippen molar-refractivity contribution >= 4 is 43.6 Å². The van der Waals surface area contributed by atoms with Crippen molar-refractivity contribution in [2.24, 2.45) is 0 Å². The Kier molecular flexibility index (Phi) is 8.81. The SMILES string of the molecule is CC(C)(C)c1ccc2c(c1)c1ccccc1n2-c1cc(C#N)ccc1-c1ccc(-c2ccc(C#N)cc2C(F)(F)F)cc1-n1c2ccccc2c2cc(C(C)(C)C)ccc21. The van der Waals surface area contributed by atoms with Crippen molar-refractivity contribution in [3.8, 4) is 45.8 Å². The maximum atomic E-state index is 14.8. The number of alkyl halides is 3. The highest BCUT2D eigenvalue weighted by Gasteiger charge is 2.34. The smallest absolute Gasteiger partial charge is 0.309 e. The minimum Gasteiger partial charge on any atom is -0.309 e. The first kappa shape index (κ1) is 38.4. The lowest BCUT2D eigenvalue weighted by molar-refractivity contribution is -0.137. The lowest BCUT2D eigenvalue weighted by Gasteiger charge is -2.22. The van der Waals surface area contributed by atoms with E-state index in [1.807, 2.05) is 60.7 Å². The molecule has 2 heterocycles. The summed E-state index contributed by atoms with van der Waals surface area (Å²) in [6, 6.07) is 48.4. The second-order valence-electron chi connectivity index (χ2n) is 17.6. The molecule has 60 heavy (non-hydrogen) atoms. The molecule has 7 aromatic carbocycles. The first-order valence-electron chi connectivity index (χ1n) is 20.0. The van der Waals surface area contributed by atoms with Gasteiger partial charge in [-0.25, -0.2) is 0 Å². The predicted molar refractivity (Wildman–Crippen MR) is 238 cm³/mol. The van der Waals surface area contributed by atoms with Gasteiger partial charge < -0.3 is 9.13 Å². The highest BCUT2D eigenvalue weighted by Crippen LogP contribution is 2.45. The zero-order chi connectivity index (χ0) is 42.3. The summed E-state index contributed by atoms with van der Waals surface area (Å²) in [4.78, 5) is 0. The summed E-state index contributed by atoms with van der Waals surface area (Å²) in [6.45, 7) is 13.1. The monoisotopic (exact) mass is 790 g/mol. The largest absolute Gasteiger partial charge is 0.417 e. The summed E-state index contributed by atoms with van der Waals surface area (Å²) >= 11 is 0. The van der Waals surface area contributed by atoms with Crippen molar-refractivity contribution in [3.63, 3.8) is 0 Å². The van der Waals surface area contributed by atoms with Crippen LogP contribution in [0.25, 0.3) is 77.2 Å². The van der Waals surface area contributed by atoms with E-state index in [1.165, 1.54) is 17.7 Å². The minimum atomic E-state index is -4.71. The van der Waals surface area contributed by atoms with Gasteiger partial charge in [0.15, 0.2) is 0 Å². The van der Waals surface area contributed by atoms with Crippen LogP contribution in [0, 0.1) is 22.7 Å². The molecule has 0 aliphatic rings. The third-order valence-corrected chi connectivity index (χ3v) is 11.7. The molecule has 4 nitrogen and oxygen atoms in total. The Bertz CT molecular complexity index is 3300. The minimum absolute atomic E-state index is 0.0258. The van der Waals surface area contributed by atoms with Crippen molar-refractivity contribution < 1.29 is 13.2 Å². The van der Waals surface area contributed by atoms with Crippen LogP contribution in [0.2, 0.25) is 0 Å². The molecular formula is C53H41F3N4. The van der Waals surface area contributed by atoms with Crippen LogP contribution < -0.4 is 0 Å². The number of fused-ring (bicyclic) bond motifs is 6. The van der Waals surface area contributed by atoms with E-state index in [0.29, 0.717) is 16.8 Å². The van der Waals surface area contributed by atoms with E-state index in [2.05, 4.69) is 111 Å². The Morgan fingerprint density at radius 3 is 1.35 bits per heavy atom. The van der Waals surface area contributed by atoms with Gasteiger partial charge in [0.05, 0.1) is 62.3 Å². The normalized spacial score (nSPS) is 12.4.